The number of primary amides is 1. The van der Waals surface area contributed by atoms with Gasteiger partial charge >= 0.3 is 0 Å². The van der Waals surface area contributed by atoms with Gasteiger partial charge in [0.1, 0.15) is 84.5 Å². The number of rotatable bonds is 38. The summed E-state index contributed by atoms with van der Waals surface area (Å²) in [4.78, 5) is 164. The molecular formula is C65H93N9O27. The molecule has 0 bridgehead atoms. The Morgan fingerprint density at radius 1 is 0.663 bits per heavy atom. The summed E-state index contributed by atoms with van der Waals surface area (Å²) >= 11 is 0. The Bertz CT molecular complexity index is 3330. The molecule has 1 aliphatic heterocycles. The molecule has 1 heterocycles. The number of hydrogen-bond acceptors (Lipinski definition) is 27. The summed E-state index contributed by atoms with van der Waals surface area (Å²) < 4.78 is 32.9. The number of aliphatic hydroxyl groups excluding tert-OH is 6. The number of fused-ring (bicyclic) bond motifs is 3. The molecule has 560 valence electrons. The molecule has 6 rings (SSSR count). The predicted molar refractivity (Wildman–Crippen MR) is 346 cm³/mol. The predicted octanol–water partition coefficient (Wildman–Crippen LogP) is -5.91. The number of phenols is 2. The van der Waals surface area contributed by atoms with E-state index in [-0.39, 0.29) is 60.2 Å². The van der Waals surface area contributed by atoms with Gasteiger partial charge in [-0.1, -0.05) is 45.2 Å². The minimum atomic E-state index is -2.52. The lowest BCUT2D eigenvalue weighted by Gasteiger charge is -2.43. The molecule has 0 radical (unpaired) electrons. The van der Waals surface area contributed by atoms with Crippen LogP contribution >= 0.6 is 0 Å². The van der Waals surface area contributed by atoms with E-state index < -0.39 is 249 Å². The molecule has 36 heteroatoms. The van der Waals surface area contributed by atoms with Crippen molar-refractivity contribution in [3.63, 3.8) is 0 Å². The van der Waals surface area contributed by atoms with Crippen LogP contribution in [-0.4, -0.2) is 269 Å². The fourth-order valence-corrected chi connectivity index (χ4v) is 12.4. The number of ether oxygens (including phenoxy) is 6. The third kappa shape index (κ3) is 20.9. The molecule has 3 aliphatic carbocycles. The van der Waals surface area contributed by atoms with Crippen molar-refractivity contribution in [3.8, 4) is 17.2 Å². The number of amides is 9. The number of phenolic OH excluding ortho intramolecular Hbond substituents is 2. The number of methoxy groups -OCH3 is 2. The van der Waals surface area contributed by atoms with Crippen LogP contribution in [0.4, 0.5) is 0 Å². The Morgan fingerprint density at radius 2 is 1.21 bits per heavy atom. The topological polar surface area (TPSA) is 565 Å². The summed E-state index contributed by atoms with van der Waals surface area (Å²) in [6.07, 6.45) is -6.41. The Morgan fingerprint density at radius 3 is 1.77 bits per heavy atom. The summed E-state index contributed by atoms with van der Waals surface area (Å²) in [5, 5.41) is 117. The maximum absolute atomic E-state index is 14.4. The number of hydrogen-bond donors (Lipinski definition) is 18. The summed E-state index contributed by atoms with van der Waals surface area (Å²) in [6.45, 7) is -0.534. The van der Waals surface area contributed by atoms with Gasteiger partial charge in [0.2, 0.25) is 58.9 Å². The molecule has 1 saturated carbocycles. The third-order valence-electron chi connectivity index (χ3n) is 17.8. The molecule has 0 aromatic heterocycles. The van der Waals surface area contributed by atoms with Crippen LogP contribution in [-0.2, 0) is 78.1 Å². The van der Waals surface area contributed by atoms with Gasteiger partial charge in [-0.15, -0.1) is 0 Å². The lowest BCUT2D eigenvalue weighted by molar-refractivity contribution is -0.249. The van der Waals surface area contributed by atoms with Crippen LogP contribution in [0.15, 0.2) is 18.2 Å². The molecule has 9 amide bonds. The average molecular weight is 1430 g/mol. The zero-order valence-electron chi connectivity index (χ0n) is 56.6. The second kappa shape index (κ2) is 38.0. The number of aromatic hydroxyl groups is 2. The Balaban J connectivity index is 1.14. The molecule has 19 N–H and O–H groups in total. The van der Waals surface area contributed by atoms with E-state index in [4.69, 9.17) is 34.2 Å². The summed E-state index contributed by atoms with van der Waals surface area (Å²) in [6, 6.07) is -9.12. The van der Waals surface area contributed by atoms with E-state index >= 15 is 0 Å². The van der Waals surface area contributed by atoms with Crippen molar-refractivity contribution >= 4 is 70.5 Å². The van der Waals surface area contributed by atoms with Crippen molar-refractivity contribution in [1.82, 2.24) is 42.5 Å². The van der Waals surface area contributed by atoms with Crippen LogP contribution in [0.2, 0.25) is 0 Å². The van der Waals surface area contributed by atoms with E-state index in [1.807, 2.05) is 0 Å². The van der Waals surface area contributed by atoms with E-state index in [0.717, 1.165) is 6.42 Å². The standard InChI is InChI=1S/C65H93N9O27/c1-30(2)20-37(59(89)69-36-21-47(100-31(3)53(36)83)101-43-23-65(95,44(80)28-79)22-34-49(43)57(87)51-50(55(34)85)54(84)33-12-9-13-42(97-5)48(33)56(51)86)70-61(91)39(25-76)71-58(88)35(14-15-45(66)81)68-64(94)52(32-10-7-6-8-11-32)74-63(93)41(27-78)73-62(92)40(26-77)72-60(90)38(24-75)67-46(82)29-99-19-18-98-17-16-96-4/h9,12-13,30-32,35-41,43,47,52-53,75-79,83,85,87,95H,6-8,10-11,14-29H2,1-5H3,(H2,66,81)(H,67,82)(H,68,94)(H,69,89)(H,70,91)(H,71,88)(H,72,90)(H,73,92)(H,74,93)/t31-,35+,36-,37+,38+,39+,40+,41+,43+,47-,52?,53+,65+/m1/s1. The van der Waals surface area contributed by atoms with Gasteiger partial charge in [0.15, 0.2) is 17.9 Å². The maximum atomic E-state index is 14.4. The Hall–Kier alpha value is -8.40. The highest BCUT2D eigenvalue weighted by molar-refractivity contribution is 6.31. The molecule has 4 aliphatic rings. The molecule has 36 nitrogen and oxygen atoms in total. The van der Waals surface area contributed by atoms with Crippen LogP contribution in [0.25, 0.3) is 0 Å². The third-order valence-corrected chi connectivity index (χ3v) is 17.8. The fourth-order valence-electron chi connectivity index (χ4n) is 12.4. The molecule has 1 unspecified atom stereocenters. The Kier molecular flexibility index (Phi) is 30.7. The SMILES string of the molecule is COCCOCCOCC(=O)N[C@@H](CO)C(=O)N[C@@H](CO)C(=O)N[C@@H](CO)C(=O)NC(C(=O)N[C@@H](CCC(N)=O)C(=O)N[C@@H](CO)C(=O)N[C@@H](CC(C)C)C(=O)N[C@@H]1C[C@@H](O[C@H]2C[C@](O)(C(=O)CO)Cc3c(O)c4c(c(O)c32)C(=O)c2c(OC)cccc2C4=O)O[C@H](C)[C@@H]1O)C1CCCCC1. The molecule has 13 atom stereocenters. The zero-order chi connectivity index (χ0) is 74.6. The highest BCUT2D eigenvalue weighted by atomic mass is 16.7. The summed E-state index contributed by atoms with van der Waals surface area (Å²) in [7, 11) is 2.73. The number of aliphatic hydroxyl groups is 7. The molecule has 2 aromatic carbocycles. The minimum Gasteiger partial charge on any atom is -0.507 e. The molecule has 0 spiro atoms. The van der Waals surface area contributed by atoms with Gasteiger partial charge in [-0.2, -0.15) is 0 Å². The van der Waals surface area contributed by atoms with Gasteiger partial charge in [-0.25, -0.2) is 0 Å². The first-order valence-corrected chi connectivity index (χ1v) is 33.0. The van der Waals surface area contributed by atoms with Crippen molar-refractivity contribution in [1.29, 1.82) is 0 Å². The van der Waals surface area contributed by atoms with Crippen molar-refractivity contribution in [2.24, 2.45) is 17.6 Å². The van der Waals surface area contributed by atoms with Crippen molar-refractivity contribution in [3.05, 3.63) is 51.6 Å². The number of nitrogens with two attached hydrogens (primary N) is 1. The lowest BCUT2D eigenvalue weighted by Crippen LogP contribution is -2.62. The van der Waals surface area contributed by atoms with Gasteiger partial charge in [0.05, 0.1) is 94.9 Å². The number of benzene rings is 2. The van der Waals surface area contributed by atoms with Crippen molar-refractivity contribution in [2.75, 3.05) is 80.3 Å². The van der Waals surface area contributed by atoms with E-state index in [1.54, 1.807) is 13.8 Å². The molecule has 101 heavy (non-hydrogen) atoms. The number of carbonyl (C=O) groups excluding carboxylic acids is 12. The van der Waals surface area contributed by atoms with Gasteiger partial charge in [0, 0.05) is 49.5 Å². The average Bonchev–Trinajstić information content (AvgIpc) is 0.711. The second-order valence-corrected chi connectivity index (χ2v) is 25.4. The second-order valence-electron chi connectivity index (χ2n) is 25.4. The molecule has 2 aromatic rings. The molecule has 2 fully saturated rings. The normalized spacial score (nSPS) is 21.7. The van der Waals surface area contributed by atoms with E-state index in [9.17, 15) is 103 Å². The largest absolute Gasteiger partial charge is 0.507 e. The van der Waals surface area contributed by atoms with Gasteiger partial charge < -0.3 is 123 Å². The number of nitrogens with one attached hydrogen (secondary N) is 8. The first-order valence-electron chi connectivity index (χ1n) is 33.0. The van der Waals surface area contributed by atoms with Crippen LogP contribution in [0.5, 0.6) is 17.2 Å². The minimum absolute atomic E-state index is 0.00305. The number of ketones is 3. The smallest absolute Gasteiger partial charge is 0.246 e. The van der Waals surface area contributed by atoms with Gasteiger partial charge in [0.25, 0.3) is 0 Å². The van der Waals surface area contributed by atoms with E-state index in [0.29, 0.717) is 32.3 Å². The monoisotopic (exact) mass is 1430 g/mol. The van der Waals surface area contributed by atoms with Crippen LogP contribution in [0, 0.1) is 11.8 Å². The summed E-state index contributed by atoms with van der Waals surface area (Å²) in [5.74, 6) is -15.3. The van der Waals surface area contributed by atoms with Crippen LogP contribution < -0.4 is 53.0 Å². The first-order chi connectivity index (χ1) is 48.0. The van der Waals surface area contributed by atoms with Crippen molar-refractivity contribution in [2.45, 2.75) is 170 Å². The van der Waals surface area contributed by atoms with Crippen LogP contribution in [0.3, 0.4) is 0 Å². The van der Waals surface area contributed by atoms with Gasteiger partial charge in [-0.05, 0) is 50.5 Å². The maximum Gasteiger partial charge on any atom is 0.246 e. The molecule has 1 saturated heterocycles. The zero-order valence-corrected chi connectivity index (χ0v) is 56.6. The van der Waals surface area contributed by atoms with E-state index in [2.05, 4.69) is 42.5 Å². The quantitative estimate of drug-likeness (QED) is 0.0188. The number of carbonyl (C=O) groups is 12. The number of Topliss-reactive ketones (excluding diaryl/α,β-unsaturated/α-hetero) is 1. The highest BCUT2D eigenvalue weighted by Crippen LogP contribution is 2.52. The van der Waals surface area contributed by atoms with Gasteiger partial charge in [-0.3, -0.25) is 57.5 Å². The molecular weight excluding hydrogens is 1340 g/mol. The first kappa shape index (κ1) is 81.6. The van der Waals surface area contributed by atoms with Crippen molar-refractivity contribution < 1.29 is 132 Å². The van der Waals surface area contributed by atoms with Crippen LogP contribution in [0.1, 0.15) is 134 Å². The van der Waals surface area contributed by atoms with E-state index in [1.165, 1.54) is 39.3 Å². The summed E-state index contributed by atoms with van der Waals surface area (Å²) in [5.41, 5.74) is 0.530. The Labute approximate surface area is 579 Å². The lowest BCUT2D eigenvalue weighted by atomic mass is 9.72. The highest BCUT2D eigenvalue weighted by Gasteiger charge is 2.51. The fraction of sp³-hybridized carbons (Fsp3) is 0.631.